The van der Waals surface area contributed by atoms with Crippen LogP contribution in [0.1, 0.15) is 32.6 Å². The van der Waals surface area contributed by atoms with Crippen molar-refractivity contribution in [1.29, 1.82) is 0 Å². The van der Waals surface area contributed by atoms with Crippen LogP contribution in [-0.2, 0) is 0 Å². The molecule has 19 heavy (non-hydrogen) atoms. The van der Waals surface area contributed by atoms with Gasteiger partial charge in [0.05, 0.1) is 0 Å². The van der Waals surface area contributed by atoms with Gasteiger partial charge in [-0.1, -0.05) is 23.8 Å². The molecule has 2 aliphatic carbocycles. The Kier molecular flexibility index (Phi) is 3.05. The van der Waals surface area contributed by atoms with Gasteiger partial charge < -0.3 is 10.2 Å². The quantitative estimate of drug-likeness (QED) is 0.767. The summed E-state index contributed by atoms with van der Waals surface area (Å²) in [7, 11) is 1.84. The number of amides is 2. The van der Waals surface area contributed by atoms with Crippen LogP contribution in [0.4, 0.5) is 4.79 Å². The lowest BCUT2D eigenvalue weighted by molar-refractivity contribution is 0.211. The zero-order chi connectivity index (χ0) is 13.4. The first-order valence-electron chi connectivity index (χ1n) is 6.95. The van der Waals surface area contributed by atoms with Crippen LogP contribution in [-0.4, -0.2) is 24.5 Å². The van der Waals surface area contributed by atoms with E-state index in [-0.39, 0.29) is 6.03 Å². The molecule has 0 aromatic rings. The first kappa shape index (κ1) is 12.3. The van der Waals surface area contributed by atoms with Crippen molar-refractivity contribution in [3.8, 4) is 0 Å². The van der Waals surface area contributed by atoms with Gasteiger partial charge in [-0.05, 0) is 49.3 Å². The predicted octanol–water partition coefficient (Wildman–Crippen LogP) is 3.28. The minimum atomic E-state index is 0.0195. The smallest absolute Gasteiger partial charge is 0.321 e. The number of allylic oxidation sites excluding steroid dienone is 6. The summed E-state index contributed by atoms with van der Waals surface area (Å²) in [6, 6.07) is 0.0195. The van der Waals surface area contributed by atoms with Crippen molar-refractivity contribution in [3.05, 3.63) is 46.2 Å². The number of hydrogen-bond acceptors (Lipinski definition) is 1. The van der Waals surface area contributed by atoms with Gasteiger partial charge in [0.25, 0.3) is 0 Å². The second kappa shape index (κ2) is 4.72. The molecular formula is C16H20N2O. The van der Waals surface area contributed by atoms with Gasteiger partial charge in [0.15, 0.2) is 0 Å². The second-order valence-electron chi connectivity index (χ2n) is 5.66. The zero-order valence-corrected chi connectivity index (χ0v) is 11.6. The van der Waals surface area contributed by atoms with Crippen molar-refractivity contribution in [3.63, 3.8) is 0 Å². The van der Waals surface area contributed by atoms with Crippen molar-refractivity contribution in [2.75, 3.05) is 13.6 Å². The summed E-state index contributed by atoms with van der Waals surface area (Å²) >= 11 is 0. The maximum atomic E-state index is 11.6. The summed E-state index contributed by atoms with van der Waals surface area (Å²) in [5.41, 5.74) is 6.78. The van der Waals surface area contributed by atoms with Gasteiger partial charge in [0.1, 0.15) is 0 Å². The maximum Gasteiger partial charge on any atom is 0.321 e. The molecule has 3 heteroatoms. The summed E-state index contributed by atoms with van der Waals surface area (Å²) in [6.45, 7) is 2.92. The van der Waals surface area contributed by atoms with Gasteiger partial charge in [-0.15, -0.1) is 0 Å². The summed E-state index contributed by atoms with van der Waals surface area (Å²) in [5, 5.41) is 2.99. The molecule has 2 amide bonds. The molecule has 0 radical (unpaired) electrons. The molecule has 0 spiro atoms. The SMILES string of the molecule is CC1=CC=C(C2=CC3=C(CC2)NC(=O)N(C)C3)CC1. The molecular weight excluding hydrogens is 236 g/mol. The molecule has 1 heterocycles. The average molecular weight is 256 g/mol. The van der Waals surface area contributed by atoms with Crippen LogP contribution in [0, 0.1) is 0 Å². The van der Waals surface area contributed by atoms with Gasteiger partial charge in [0.2, 0.25) is 0 Å². The molecule has 0 atom stereocenters. The monoisotopic (exact) mass is 256 g/mol. The Labute approximate surface area is 114 Å². The predicted molar refractivity (Wildman–Crippen MR) is 76.6 cm³/mol. The minimum Gasteiger partial charge on any atom is -0.323 e. The minimum absolute atomic E-state index is 0.0195. The van der Waals surface area contributed by atoms with Crippen LogP contribution in [0.25, 0.3) is 0 Å². The maximum absolute atomic E-state index is 11.6. The van der Waals surface area contributed by atoms with E-state index >= 15 is 0 Å². The largest absolute Gasteiger partial charge is 0.323 e. The Balaban J connectivity index is 1.87. The first-order chi connectivity index (χ1) is 9.13. The van der Waals surface area contributed by atoms with Crippen LogP contribution in [0.5, 0.6) is 0 Å². The Hall–Kier alpha value is -1.77. The van der Waals surface area contributed by atoms with E-state index < -0.39 is 0 Å². The van der Waals surface area contributed by atoms with Crippen LogP contribution in [0.2, 0.25) is 0 Å². The fourth-order valence-electron chi connectivity index (χ4n) is 2.89. The van der Waals surface area contributed by atoms with Gasteiger partial charge >= 0.3 is 6.03 Å². The van der Waals surface area contributed by atoms with Crippen molar-refractivity contribution < 1.29 is 4.79 Å². The molecule has 0 unspecified atom stereocenters. The summed E-state index contributed by atoms with van der Waals surface area (Å²) in [4.78, 5) is 13.3. The first-order valence-corrected chi connectivity index (χ1v) is 6.95. The Morgan fingerprint density at radius 1 is 1.11 bits per heavy atom. The molecule has 0 fully saturated rings. The number of nitrogens with zero attached hydrogens (tertiary/aromatic N) is 1. The van der Waals surface area contributed by atoms with E-state index in [2.05, 4.69) is 30.5 Å². The molecule has 0 aromatic carbocycles. The highest BCUT2D eigenvalue weighted by molar-refractivity contribution is 5.78. The lowest BCUT2D eigenvalue weighted by Crippen LogP contribution is -2.43. The number of hydrogen-bond donors (Lipinski definition) is 1. The van der Waals surface area contributed by atoms with E-state index in [0.717, 1.165) is 31.5 Å². The van der Waals surface area contributed by atoms with Crippen LogP contribution >= 0.6 is 0 Å². The Morgan fingerprint density at radius 2 is 1.89 bits per heavy atom. The van der Waals surface area contributed by atoms with Gasteiger partial charge in [-0.3, -0.25) is 0 Å². The molecule has 100 valence electrons. The van der Waals surface area contributed by atoms with Crippen LogP contribution < -0.4 is 5.32 Å². The number of nitrogens with one attached hydrogen (secondary N) is 1. The molecule has 3 rings (SSSR count). The molecule has 0 saturated carbocycles. The third-order valence-corrected chi connectivity index (χ3v) is 4.16. The third-order valence-electron chi connectivity index (χ3n) is 4.16. The number of likely N-dealkylation sites (N-methyl/N-ethyl adjacent to an activating group) is 1. The summed E-state index contributed by atoms with van der Waals surface area (Å²) < 4.78 is 0. The summed E-state index contributed by atoms with van der Waals surface area (Å²) in [5.74, 6) is 0. The average Bonchev–Trinajstić information content (AvgIpc) is 2.40. The zero-order valence-electron chi connectivity index (χ0n) is 11.6. The number of rotatable bonds is 1. The molecule has 0 aromatic heterocycles. The molecule has 0 saturated heterocycles. The van der Waals surface area contributed by atoms with E-state index in [0.29, 0.717) is 0 Å². The van der Waals surface area contributed by atoms with E-state index in [1.807, 2.05) is 7.05 Å². The van der Waals surface area contributed by atoms with Crippen molar-refractivity contribution in [1.82, 2.24) is 10.2 Å². The normalized spacial score (nSPS) is 23.4. The molecule has 1 aliphatic heterocycles. The molecule has 0 bridgehead atoms. The Morgan fingerprint density at radius 3 is 2.63 bits per heavy atom. The van der Waals surface area contributed by atoms with Crippen LogP contribution in [0.15, 0.2) is 46.2 Å². The van der Waals surface area contributed by atoms with Crippen molar-refractivity contribution in [2.45, 2.75) is 32.6 Å². The van der Waals surface area contributed by atoms with Gasteiger partial charge in [-0.25, -0.2) is 4.79 Å². The van der Waals surface area contributed by atoms with Crippen molar-refractivity contribution in [2.24, 2.45) is 0 Å². The van der Waals surface area contributed by atoms with Crippen molar-refractivity contribution >= 4 is 6.03 Å². The Bertz CT molecular complexity index is 549. The lowest BCUT2D eigenvalue weighted by atomic mass is 9.86. The van der Waals surface area contributed by atoms with Crippen LogP contribution in [0.3, 0.4) is 0 Å². The lowest BCUT2D eigenvalue weighted by Gasteiger charge is -2.31. The standard InChI is InChI=1S/C16H20N2O/c1-11-3-5-12(6-4-11)13-7-8-15-14(9-13)10-18(2)16(19)17-15/h3,5,9H,4,6-8,10H2,1-2H3,(H,17,19). The third kappa shape index (κ3) is 2.37. The summed E-state index contributed by atoms with van der Waals surface area (Å²) in [6.07, 6.45) is 11.1. The highest BCUT2D eigenvalue weighted by Gasteiger charge is 2.24. The molecule has 3 nitrogen and oxygen atoms in total. The van der Waals surface area contributed by atoms with E-state index in [1.165, 1.54) is 28.7 Å². The van der Waals surface area contributed by atoms with Gasteiger partial charge in [-0.2, -0.15) is 0 Å². The fourth-order valence-corrected chi connectivity index (χ4v) is 2.89. The number of carbonyl (C=O) groups excluding carboxylic acids is 1. The van der Waals surface area contributed by atoms with E-state index in [9.17, 15) is 4.79 Å². The highest BCUT2D eigenvalue weighted by Crippen LogP contribution is 2.33. The van der Waals surface area contributed by atoms with E-state index in [1.54, 1.807) is 4.90 Å². The number of urea groups is 1. The second-order valence-corrected chi connectivity index (χ2v) is 5.66. The van der Waals surface area contributed by atoms with E-state index in [4.69, 9.17) is 0 Å². The number of carbonyl (C=O) groups is 1. The molecule has 3 aliphatic rings. The van der Waals surface area contributed by atoms with Gasteiger partial charge in [0, 0.05) is 19.3 Å². The fraction of sp³-hybridized carbons (Fsp3) is 0.438. The molecule has 1 N–H and O–H groups in total. The highest BCUT2D eigenvalue weighted by atomic mass is 16.2. The topological polar surface area (TPSA) is 32.3 Å².